The third-order valence-corrected chi connectivity index (χ3v) is 5.92. The average Bonchev–Trinajstić information content (AvgIpc) is 2.54. The van der Waals surface area contributed by atoms with Gasteiger partial charge in [0.1, 0.15) is 12.4 Å². The number of benzene rings is 2. The summed E-state index contributed by atoms with van der Waals surface area (Å²) in [4.78, 5) is 0.287. The van der Waals surface area contributed by atoms with E-state index in [1.165, 1.54) is 0 Å². The van der Waals surface area contributed by atoms with Crippen molar-refractivity contribution in [2.24, 2.45) is 0 Å². The second-order valence-electron chi connectivity index (χ2n) is 5.58. The molecule has 0 bridgehead atoms. The van der Waals surface area contributed by atoms with Gasteiger partial charge < -0.3 is 4.74 Å². The van der Waals surface area contributed by atoms with Crippen LogP contribution in [-0.4, -0.2) is 21.1 Å². The smallest absolute Gasteiger partial charge is 0.240 e. The standard InChI is InChI=1S/C17H18BrNO3S/c1-2-12-3-6-16(7-4-12)23(20,21)19-15-10-13-9-14(18)5-8-17(13)22-11-15/h3-9,15,19H,2,10-11H2,1H3/t15-/m0/s1. The molecule has 2 aromatic rings. The molecule has 1 aliphatic rings. The van der Waals surface area contributed by atoms with E-state index < -0.39 is 10.0 Å². The molecule has 2 aromatic carbocycles. The number of nitrogens with one attached hydrogen (secondary N) is 1. The van der Waals surface area contributed by atoms with Gasteiger partial charge in [0, 0.05) is 4.47 Å². The van der Waals surface area contributed by atoms with Crippen LogP contribution in [-0.2, 0) is 22.9 Å². The lowest BCUT2D eigenvalue weighted by molar-refractivity contribution is 0.254. The number of hydrogen-bond acceptors (Lipinski definition) is 3. The highest BCUT2D eigenvalue weighted by Gasteiger charge is 2.25. The fourth-order valence-corrected chi connectivity index (χ4v) is 4.26. The molecule has 0 unspecified atom stereocenters. The van der Waals surface area contributed by atoms with E-state index in [-0.39, 0.29) is 10.9 Å². The molecule has 0 spiro atoms. The summed E-state index contributed by atoms with van der Waals surface area (Å²) in [5, 5.41) is 0. The maximum absolute atomic E-state index is 12.5. The first-order valence-electron chi connectivity index (χ1n) is 7.50. The number of aryl methyl sites for hydroxylation is 1. The summed E-state index contributed by atoms with van der Waals surface area (Å²) in [6.45, 7) is 2.37. The van der Waals surface area contributed by atoms with Crippen LogP contribution in [0.15, 0.2) is 51.8 Å². The van der Waals surface area contributed by atoms with E-state index in [0.29, 0.717) is 13.0 Å². The number of hydrogen-bond donors (Lipinski definition) is 1. The van der Waals surface area contributed by atoms with Gasteiger partial charge in [-0.25, -0.2) is 13.1 Å². The Kier molecular flexibility index (Phi) is 4.75. The maximum atomic E-state index is 12.5. The highest BCUT2D eigenvalue weighted by molar-refractivity contribution is 9.10. The van der Waals surface area contributed by atoms with Crippen LogP contribution in [0.25, 0.3) is 0 Å². The molecule has 1 N–H and O–H groups in total. The highest BCUT2D eigenvalue weighted by atomic mass is 79.9. The van der Waals surface area contributed by atoms with Crippen molar-refractivity contribution in [2.75, 3.05) is 6.61 Å². The van der Waals surface area contributed by atoms with E-state index in [4.69, 9.17) is 4.74 Å². The van der Waals surface area contributed by atoms with Gasteiger partial charge in [0.15, 0.2) is 0 Å². The van der Waals surface area contributed by atoms with Gasteiger partial charge >= 0.3 is 0 Å². The van der Waals surface area contributed by atoms with Crippen LogP contribution in [0, 0.1) is 0 Å². The molecular weight excluding hydrogens is 378 g/mol. The van der Waals surface area contributed by atoms with Crippen LogP contribution in [0.2, 0.25) is 0 Å². The Hall–Kier alpha value is -1.37. The minimum atomic E-state index is -3.54. The van der Waals surface area contributed by atoms with Gasteiger partial charge in [0.25, 0.3) is 0 Å². The topological polar surface area (TPSA) is 55.4 Å². The van der Waals surface area contributed by atoms with Crippen molar-refractivity contribution in [1.82, 2.24) is 4.72 Å². The van der Waals surface area contributed by atoms with Gasteiger partial charge in [-0.2, -0.15) is 0 Å². The highest BCUT2D eigenvalue weighted by Crippen LogP contribution is 2.28. The first kappa shape index (κ1) is 16.5. The molecule has 0 amide bonds. The van der Waals surface area contributed by atoms with Crippen molar-refractivity contribution in [2.45, 2.75) is 30.7 Å². The van der Waals surface area contributed by atoms with E-state index in [2.05, 4.69) is 20.7 Å². The second kappa shape index (κ2) is 6.63. The van der Waals surface area contributed by atoms with Crippen LogP contribution in [0.1, 0.15) is 18.1 Å². The fraction of sp³-hybridized carbons (Fsp3) is 0.294. The lowest BCUT2D eigenvalue weighted by Gasteiger charge is -2.26. The first-order valence-corrected chi connectivity index (χ1v) is 9.78. The third kappa shape index (κ3) is 3.76. The Morgan fingerprint density at radius 3 is 2.65 bits per heavy atom. The number of rotatable bonds is 4. The largest absolute Gasteiger partial charge is 0.492 e. The summed E-state index contributed by atoms with van der Waals surface area (Å²) in [6, 6.07) is 12.5. The first-order chi connectivity index (χ1) is 11.0. The Labute approximate surface area is 145 Å². The van der Waals surface area contributed by atoms with Crippen LogP contribution >= 0.6 is 15.9 Å². The molecule has 6 heteroatoms. The zero-order chi connectivity index (χ0) is 16.4. The van der Waals surface area contributed by atoms with E-state index in [0.717, 1.165) is 27.8 Å². The number of ether oxygens (including phenoxy) is 1. The Bertz CT molecular complexity index is 803. The Balaban J connectivity index is 1.76. The van der Waals surface area contributed by atoms with Gasteiger partial charge in [0.2, 0.25) is 10.0 Å². The summed E-state index contributed by atoms with van der Waals surface area (Å²) in [7, 11) is -3.54. The van der Waals surface area contributed by atoms with Crippen molar-refractivity contribution in [1.29, 1.82) is 0 Å². The predicted molar refractivity (Wildman–Crippen MR) is 93.3 cm³/mol. The monoisotopic (exact) mass is 395 g/mol. The van der Waals surface area contributed by atoms with E-state index >= 15 is 0 Å². The Morgan fingerprint density at radius 2 is 1.96 bits per heavy atom. The normalized spacial score (nSPS) is 17.4. The maximum Gasteiger partial charge on any atom is 0.240 e. The number of sulfonamides is 1. The van der Waals surface area contributed by atoms with Crippen molar-refractivity contribution in [3.05, 3.63) is 58.1 Å². The summed E-state index contributed by atoms with van der Waals surface area (Å²) < 4.78 is 34.4. The van der Waals surface area contributed by atoms with Crippen molar-refractivity contribution >= 4 is 26.0 Å². The molecule has 1 aliphatic heterocycles. The zero-order valence-corrected chi connectivity index (χ0v) is 15.2. The van der Waals surface area contributed by atoms with Gasteiger partial charge in [-0.1, -0.05) is 35.0 Å². The quantitative estimate of drug-likeness (QED) is 0.863. The third-order valence-electron chi connectivity index (χ3n) is 3.89. The Morgan fingerprint density at radius 1 is 1.22 bits per heavy atom. The molecule has 4 nitrogen and oxygen atoms in total. The molecule has 23 heavy (non-hydrogen) atoms. The van der Waals surface area contributed by atoms with E-state index in [1.54, 1.807) is 12.1 Å². The second-order valence-corrected chi connectivity index (χ2v) is 8.21. The summed E-state index contributed by atoms with van der Waals surface area (Å²) >= 11 is 3.43. The number of halogens is 1. The van der Waals surface area contributed by atoms with Gasteiger partial charge in [-0.05, 0) is 54.3 Å². The molecule has 3 rings (SSSR count). The van der Waals surface area contributed by atoms with Gasteiger partial charge in [-0.3, -0.25) is 0 Å². The molecule has 122 valence electrons. The predicted octanol–water partition coefficient (Wildman–Crippen LogP) is 3.29. The summed E-state index contributed by atoms with van der Waals surface area (Å²) in [6.07, 6.45) is 1.50. The minimum absolute atomic E-state index is 0.271. The number of fused-ring (bicyclic) bond motifs is 1. The molecule has 0 aromatic heterocycles. The molecule has 0 saturated carbocycles. The molecular formula is C17H18BrNO3S. The van der Waals surface area contributed by atoms with Crippen molar-refractivity contribution in [3.63, 3.8) is 0 Å². The van der Waals surface area contributed by atoms with Crippen molar-refractivity contribution in [3.8, 4) is 5.75 Å². The van der Waals surface area contributed by atoms with Gasteiger partial charge in [-0.15, -0.1) is 0 Å². The molecule has 0 saturated heterocycles. The molecule has 1 atom stereocenters. The lowest BCUT2D eigenvalue weighted by atomic mass is 10.0. The van der Waals surface area contributed by atoms with Crippen LogP contribution in [0.5, 0.6) is 5.75 Å². The molecule has 0 fully saturated rings. The van der Waals surface area contributed by atoms with E-state index in [9.17, 15) is 8.42 Å². The van der Waals surface area contributed by atoms with Crippen molar-refractivity contribution < 1.29 is 13.2 Å². The molecule has 1 heterocycles. The van der Waals surface area contributed by atoms with Crippen LogP contribution in [0.3, 0.4) is 0 Å². The van der Waals surface area contributed by atoms with Crippen LogP contribution < -0.4 is 9.46 Å². The van der Waals surface area contributed by atoms with Gasteiger partial charge in [0.05, 0.1) is 10.9 Å². The van der Waals surface area contributed by atoms with E-state index in [1.807, 2.05) is 37.3 Å². The molecule has 0 aliphatic carbocycles. The average molecular weight is 396 g/mol. The molecule has 0 radical (unpaired) electrons. The summed E-state index contributed by atoms with van der Waals surface area (Å²) in [5.41, 5.74) is 2.11. The van der Waals surface area contributed by atoms with Crippen LogP contribution in [0.4, 0.5) is 0 Å². The fourth-order valence-electron chi connectivity index (χ4n) is 2.63. The lowest BCUT2D eigenvalue weighted by Crippen LogP contribution is -2.42. The zero-order valence-electron chi connectivity index (χ0n) is 12.8. The SMILES string of the molecule is CCc1ccc(S(=O)(=O)N[C@@H]2COc3ccc(Br)cc3C2)cc1. The minimum Gasteiger partial charge on any atom is -0.492 e. The summed E-state index contributed by atoms with van der Waals surface area (Å²) in [5.74, 6) is 0.816.